The Labute approximate surface area is 117 Å². The van der Waals surface area contributed by atoms with Gasteiger partial charge < -0.3 is 0 Å². The molecule has 1 aromatic carbocycles. The second-order valence-electron chi connectivity index (χ2n) is 5.33. The van der Waals surface area contributed by atoms with Crippen LogP contribution in [0.5, 0.6) is 0 Å². The van der Waals surface area contributed by atoms with Crippen LogP contribution in [0.1, 0.15) is 29.1 Å². The van der Waals surface area contributed by atoms with Crippen molar-refractivity contribution < 1.29 is 0 Å². The SMILES string of the molecule is Cc1csc(CC(NN)C2(c3ccccc3)CC2)n1. The summed E-state index contributed by atoms with van der Waals surface area (Å²) in [6, 6.07) is 11.0. The van der Waals surface area contributed by atoms with E-state index in [4.69, 9.17) is 5.84 Å². The van der Waals surface area contributed by atoms with Crippen molar-refractivity contribution >= 4 is 11.3 Å². The maximum Gasteiger partial charge on any atom is 0.0944 e. The Morgan fingerprint density at radius 2 is 2.11 bits per heavy atom. The number of hydrazine groups is 1. The Bertz CT molecular complexity index is 546. The number of nitrogens with one attached hydrogen (secondary N) is 1. The van der Waals surface area contributed by atoms with Gasteiger partial charge in [-0.05, 0) is 25.3 Å². The Kier molecular flexibility index (Phi) is 3.39. The van der Waals surface area contributed by atoms with Crippen molar-refractivity contribution in [2.75, 3.05) is 0 Å². The summed E-state index contributed by atoms with van der Waals surface area (Å²) >= 11 is 1.73. The van der Waals surface area contributed by atoms with Gasteiger partial charge in [-0.15, -0.1) is 11.3 Å². The van der Waals surface area contributed by atoms with Crippen LogP contribution in [0.4, 0.5) is 0 Å². The van der Waals surface area contributed by atoms with Gasteiger partial charge in [0.1, 0.15) is 0 Å². The molecule has 1 aromatic heterocycles. The van der Waals surface area contributed by atoms with Crippen LogP contribution >= 0.6 is 11.3 Å². The van der Waals surface area contributed by atoms with E-state index in [1.54, 1.807) is 11.3 Å². The topological polar surface area (TPSA) is 50.9 Å². The molecule has 100 valence electrons. The summed E-state index contributed by atoms with van der Waals surface area (Å²) < 4.78 is 0. The average Bonchev–Trinajstić information content (AvgIpc) is 3.15. The van der Waals surface area contributed by atoms with Crippen LogP contribution in [0.15, 0.2) is 35.7 Å². The van der Waals surface area contributed by atoms with E-state index in [0.717, 1.165) is 12.1 Å². The summed E-state index contributed by atoms with van der Waals surface area (Å²) in [5, 5.41) is 3.27. The first kappa shape index (κ1) is 12.8. The molecule has 0 spiro atoms. The maximum absolute atomic E-state index is 5.82. The molecule has 3 rings (SSSR count). The van der Waals surface area contributed by atoms with Gasteiger partial charge in [0, 0.05) is 29.0 Å². The van der Waals surface area contributed by atoms with Crippen LogP contribution in [-0.4, -0.2) is 11.0 Å². The van der Waals surface area contributed by atoms with E-state index >= 15 is 0 Å². The average molecular weight is 273 g/mol. The van der Waals surface area contributed by atoms with Gasteiger partial charge in [-0.2, -0.15) is 0 Å². The van der Waals surface area contributed by atoms with Gasteiger partial charge in [0.05, 0.1) is 5.01 Å². The number of benzene rings is 1. The molecule has 1 atom stereocenters. The molecule has 2 aromatic rings. The number of rotatable bonds is 5. The Morgan fingerprint density at radius 1 is 1.37 bits per heavy atom. The lowest BCUT2D eigenvalue weighted by Crippen LogP contribution is -2.45. The molecule has 0 saturated heterocycles. The number of nitrogens with zero attached hydrogens (tertiary/aromatic N) is 1. The summed E-state index contributed by atoms with van der Waals surface area (Å²) in [4.78, 5) is 4.56. The molecular formula is C15H19N3S. The lowest BCUT2D eigenvalue weighted by atomic mass is 9.86. The maximum atomic E-state index is 5.82. The highest BCUT2D eigenvalue weighted by molar-refractivity contribution is 7.09. The monoisotopic (exact) mass is 273 g/mol. The lowest BCUT2D eigenvalue weighted by molar-refractivity contribution is 0.420. The summed E-state index contributed by atoms with van der Waals surface area (Å²) in [5.74, 6) is 5.82. The fourth-order valence-corrected chi connectivity index (χ4v) is 3.65. The number of hydrogen-bond acceptors (Lipinski definition) is 4. The molecule has 1 aliphatic rings. The van der Waals surface area contributed by atoms with Crippen molar-refractivity contribution in [3.63, 3.8) is 0 Å². The van der Waals surface area contributed by atoms with E-state index in [-0.39, 0.29) is 11.5 Å². The third-order valence-electron chi connectivity index (χ3n) is 4.05. The largest absolute Gasteiger partial charge is 0.271 e. The number of nitrogens with two attached hydrogens (primary N) is 1. The van der Waals surface area contributed by atoms with Crippen LogP contribution < -0.4 is 11.3 Å². The fourth-order valence-electron chi connectivity index (χ4n) is 2.83. The molecule has 0 radical (unpaired) electrons. The van der Waals surface area contributed by atoms with Gasteiger partial charge in [-0.25, -0.2) is 4.98 Å². The van der Waals surface area contributed by atoms with Crippen molar-refractivity contribution in [1.82, 2.24) is 10.4 Å². The minimum absolute atomic E-state index is 0.204. The van der Waals surface area contributed by atoms with E-state index in [1.807, 2.05) is 6.92 Å². The van der Waals surface area contributed by atoms with E-state index in [0.29, 0.717) is 0 Å². The van der Waals surface area contributed by atoms with Crippen molar-refractivity contribution in [3.8, 4) is 0 Å². The third kappa shape index (κ3) is 2.43. The van der Waals surface area contributed by atoms with Crippen molar-refractivity contribution in [2.24, 2.45) is 5.84 Å². The highest BCUT2D eigenvalue weighted by atomic mass is 32.1. The smallest absolute Gasteiger partial charge is 0.0944 e. The molecular weight excluding hydrogens is 254 g/mol. The van der Waals surface area contributed by atoms with Gasteiger partial charge in [-0.3, -0.25) is 11.3 Å². The molecule has 1 aliphatic carbocycles. The van der Waals surface area contributed by atoms with Crippen molar-refractivity contribution in [1.29, 1.82) is 0 Å². The van der Waals surface area contributed by atoms with E-state index < -0.39 is 0 Å². The standard InChI is InChI=1S/C15H19N3S/c1-11-10-19-14(17-11)9-13(18-16)15(7-8-15)12-5-3-2-4-6-12/h2-6,10,13,18H,7-9,16H2,1H3. The lowest BCUT2D eigenvalue weighted by Gasteiger charge is -2.26. The molecule has 0 bridgehead atoms. The number of aromatic nitrogens is 1. The van der Waals surface area contributed by atoms with Gasteiger partial charge in [0.25, 0.3) is 0 Å². The summed E-state index contributed by atoms with van der Waals surface area (Å²) in [7, 11) is 0. The van der Waals surface area contributed by atoms with Gasteiger partial charge >= 0.3 is 0 Å². The molecule has 19 heavy (non-hydrogen) atoms. The summed E-state index contributed by atoms with van der Waals surface area (Å²) in [5.41, 5.74) is 5.72. The second-order valence-corrected chi connectivity index (χ2v) is 6.27. The Morgan fingerprint density at radius 3 is 2.63 bits per heavy atom. The highest BCUT2D eigenvalue weighted by Gasteiger charge is 2.50. The minimum atomic E-state index is 0.204. The number of thiazole rings is 1. The van der Waals surface area contributed by atoms with Crippen molar-refractivity contribution in [2.45, 2.75) is 37.6 Å². The highest BCUT2D eigenvalue weighted by Crippen LogP contribution is 2.51. The molecule has 3 nitrogen and oxygen atoms in total. The first-order valence-corrected chi connectivity index (χ1v) is 7.55. The summed E-state index contributed by atoms with van der Waals surface area (Å²) in [6.45, 7) is 2.04. The van der Waals surface area contributed by atoms with Crippen LogP contribution in [0, 0.1) is 6.92 Å². The van der Waals surface area contributed by atoms with Crippen LogP contribution in [0.2, 0.25) is 0 Å². The molecule has 1 unspecified atom stereocenters. The van der Waals surface area contributed by atoms with E-state index in [9.17, 15) is 0 Å². The third-order valence-corrected chi connectivity index (χ3v) is 5.04. The molecule has 1 heterocycles. The van der Waals surface area contributed by atoms with Crippen LogP contribution in [0.25, 0.3) is 0 Å². The normalized spacial score (nSPS) is 18.2. The minimum Gasteiger partial charge on any atom is -0.271 e. The number of hydrogen-bond donors (Lipinski definition) is 2. The molecule has 4 heteroatoms. The first-order chi connectivity index (χ1) is 9.24. The first-order valence-electron chi connectivity index (χ1n) is 6.67. The molecule has 1 saturated carbocycles. The Hall–Kier alpha value is -1.23. The van der Waals surface area contributed by atoms with Gasteiger partial charge in [-0.1, -0.05) is 30.3 Å². The van der Waals surface area contributed by atoms with E-state index in [2.05, 4.69) is 46.1 Å². The van der Waals surface area contributed by atoms with Crippen molar-refractivity contribution in [3.05, 3.63) is 52.0 Å². The van der Waals surface area contributed by atoms with Gasteiger partial charge in [0.2, 0.25) is 0 Å². The zero-order valence-corrected chi connectivity index (χ0v) is 11.9. The Balaban J connectivity index is 1.82. The molecule has 0 amide bonds. The summed E-state index contributed by atoms with van der Waals surface area (Å²) in [6.07, 6.45) is 3.32. The van der Waals surface area contributed by atoms with Crippen LogP contribution in [0.3, 0.4) is 0 Å². The predicted octanol–water partition coefficient (Wildman–Crippen LogP) is 2.56. The molecule has 0 aliphatic heterocycles. The predicted molar refractivity (Wildman–Crippen MR) is 79.0 cm³/mol. The van der Waals surface area contributed by atoms with Crippen LogP contribution in [-0.2, 0) is 11.8 Å². The van der Waals surface area contributed by atoms with Gasteiger partial charge in [0.15, 0.2) is 0 Å². The quantitative estimate of drug-likeness (QED) is 0.650. The van der Waals surface area contributed by atoms with E-state index in [1.165, 1.54) is 23.4 Å². The zero-order valence-electron chi connectivity index (χ0n) is 11.1. The zero-order chi connectivity index (χ0) is 13.3. The molecule has 1 fully saturated rings. The molecule has 3 N–H and O–H groups in total. The fraction of sp³-hybridized carbons (Fsp3) is 0.400. The second kappa shape index (κ2) is 5.04. The number of aryl methyl sites for hydroxylation is 1.